The van der Waals surface area contributed by atoms with Crippen molar-refractivity contribution in [3.8, 4) is 5.75 Å². The van der Waals surface area contributed by atoms with Crippen LogP contribution in [0.2, 0.25) is 0 Å². The Kier molecular flexibility index (Phi) is 6.74. The Morgan fingerprint density at radius 2 is 1.75 bits per heavy atom. The summed E-state index contributed by atoms with van der Waals surface area (Å²) in [6, 6.07) is 16.8. The molecule has 2 unspecified atom stereocenters. The lowest BCUT2D eigenvalue weighted by atomic mass is 9.95. The molecule has 2 aromatic rings. The number of nitrogens with zero attached hydrogens (tertiary/aromatic N) is 2. The molecule has 1 heterocycles. The summed E-state index contributed by atoms with van der Waals surface area (Å²) >= 11 is 0. The van der Waals surface area contributed by atoms with E-state index in [0.717, 1.165) is 48.4 Å². The van der Waals surface area contributed by atoms with E-state index in [1.54, 1.807) is 0 Å². The number of piperidine rings is 1. The van der Waals surface area contributed by atoms with Crippen LogP contribution in [0.5, 0.6) is 5.75 Å². The van der Waals surface area contributed by atoms with E-state index in [9.17, 15) is 4.79 Å². The molecule has 4 heteroatoms. The van der Waals surface area contributed by atoms with Gasteiger partial charge in [0.1, 0.15) is 0 Å². The van der Waals surface area contributed by atoms with Gasteiger partial charge in [0.05, 0.1) is 0 Å². The number of carbonyl (C=O) groups excluding carboxylic acids is 1. The maximum Gasteiger partial charge on any atom is 0.226 e. The highest BCUT2D eigenvalue weighted by Crippen LogP contribution is 2.31. The van der Waals surface area contributed by atoms with Crippen LogP contribution in [0.15, 0.2) is 48.5 Å². The van der Waals surface area contributed by atoms with Gasteiger partial charge in [-0.2, -0.15) is 0 Å². The van der Waals surface area contributed by atoms with E-state index in [4.69, 9.17) is 4.84 Å². The smallest absolute Gasteiger partial charge is 0.226 e. The second-order valence-corrected chi connectivity index (χ2v) is 7.65. The SMILES string of the molecule is CCC(=O)N(c1ccccc1)C1CCN(Oc2c(C)cccc2C)C(CC)C1. The van der Waals surface area contributed by atoms with Crippen LogP contribution in [0.25, 0.3) is 0 Å². The highest BCUT2D eigenvalue weighted by Gasteiger charge is 2.34. The molecule has 150 valence electrons. The van der Waals surface area contributed by atoms with E-state index in [0.29, 0.717) is 6.42 Å². The molecule has 2 atom stereocenters. The standard InChI is InChI=1S/C24H32N2O2/c1-5-20-17-22(26(23(27)6-2)21-13-8-7-9-14-21)15-16-25(20)28-24-18(3)11-10-12-19(24)4/h7-14,20,22H,5-6,15-17H2,1-4H3. The normalized spacial score (nSPS) is 20.0. The van der Waals surface area contributed by atoms with E-state index < -0.39 is 0 Å². The van der Waals surface area contributed by atoms with Crippen LogP contribution in [0.4, 0.5) is 5.69 Å². The summed E-state index contributed by atoms with van der Waals surface area (Å²) < 4.78 is 0. The highest BCUT2D eigenvalue weighted by molar-refractivity contribution is 5.93. The van der Waals surface area contributed by atoms with Gasteiger partial charge in [0.25, 0.3) is 0 Å². The number of carbonyl (C=O) groups is 1. The van der Waals surface area contributed by atoms with Crippen LogP contribution in [-0.2, 0) is 4.79 Å². The fourth-order valence-electron chi connectivity index (χ4n) is 4.11. The van der Waals surface area contributed by atoms with Crippen LogP contribution in [0, 0.1) is 13.8 Å². The molecule has 2 aromatic carbocycles. The van der Waals surface area contributed by atoms with Gasteiger partial charge >= 0.3 is 0 Å². The Morgan fingerprint density at radius 1 is 1.07 bits per heavy atom. The van der Waals surface area contributed by atoms with Crippen LogP contribution in [0.3, 0.4) is 0 Å². The maximum atomic E-state index is 12.7. The van der Waals surface area contributed by atoms with Gasteiger partial charge in [-0.05, 0) is 56.4 Å². The number of hydroxylamine groups is 2. The Hall–Kier alpha value is -2.33. The lowest BCUT2D eigenvalue weighted by Crippen LogP contribution is -2.52. The number of aryl methyl sites for hydroxylation is 2. The van der Waals surface area contributed by atoms with E-state index in [1.165, 1.54) is 0 Å². The van der Waals surface area contributed by atoms with Crippen LogP contribution in [0.1, 0.15) is 50.7 Å². The number of anilines is 1. The summed E-state index contributed by atoms with van der Waals surface area (Å²) in [5.74, 6) is 1.15. The molecule has 0 bridgehead atoms. The lowest BCUT2D eigenvalue weighted by molar-refractivity contribution is -0.125. The summed E-state index contributed by atoms with van der Waals surface area (Å²) in [6.07, 6.45) is 3.33. The summed E-state index contributed by atoms with van der Waals surface area (Å²) in [5.41, 5.74) is 3.31. The zero-order valence-electron chi connectivity index (χ0n) is 17.5. The van der Waals surface area contributed by atoms with E-state index >= 15 is 0 Å². The summed E-state index contributed by atoms with van der Waals surface area (Å²) in [5, 5.41) is 2.13. The van der Waals surface area contributed by atoms with Crippen molar-refractivity contribution in [2.24, 2.45) is 0 Å². The molecule has 1 fully saturated rings. The van der Waals surface area contributed by atoms with Crippen molar-refractivity contribution in [3.63, 3.8) is 0 Å². The van der Waals surface area contributed by atoms with E-state index in [1.807, 2.05) is 42.2 Å². The minimum absolute atomic E-state index is 0.190. The van der Waals surface area contributed by atoms with Crippen LogP contribution >= 0.6 is 0 Å². The van der Waals surface area contributed by atoms with Crippen molar-refractivity contribution in [2.75, 3.05) is 11.4 Å². The maximum absolute atomic E-state index is 12.7. The molecule has 0 radical (unpaired) electrons. The number of para-hydroxylation sites is 2. The molecular formula is C24H32N2O2. The minimum Gasteiger partial charge on any atom is -0.405 e. The first-order valence-corrected chi connectivity index (χ1v) is 10.4. The molecule has 0 spiro atoms. The Morgan fingerprint density at radius 3 is 2.36 bits per heavy atom. The van der Waals surface area contributed by atoms with Crippen LogP contribution < -0.4 is 9.74 Å². The van der Waals surface area contributed by atoms with Gasteiger partial charge in [-0.15, -0.1) is 5.06 Å². The number of rotatable bonds is 6. The molecule has 28 heavy (non-hydrogen) atoms. The van der Waals surface area contributed by atoms with Crippen molar-refractivity contribution in [3.05, 3.63) is 59.7 Å². The molecule has 4 nitrogen and oxygen atoms in total. The highest BCUT2D eigenvalue weighted by atomic mass is 16.7. The number of hydrogen-bond donors (Lipinski definition) is 0. The first kappa shape index (κ1) is 20.4. The van der Waals surface area contributed by atoms with Crippen LogP contribution in [-0.4, -0.2) is 29.6 Å². The summed E-state index contributed by atoms with van der Waals surface area (Å²) in [7, 11) is 0. The fraction of sp³-hybridized carbons (Fsp3) is 0.458. The number of hydrogen-bond acceptors (Lipinski definition) is 3. The molecule has 0 N–H and O–H groups in total. The Bertz CT molecular complexity index is 770. The van der Waals surface area contributed by atoms with Gasteiger partial charge in [-0.3, -0.25) is 4.79 Å². The molecule has 0 saturated carbocycles. The van der Waals surface area contributed by atoms with Gasteiger partial charge < -0.3 is 9.74 Å². The third kappa shape index (κ3) is 4.39. The van der Waals surface area contributed by atoms with Crippen molar-refractivity contribution in [2.45, 2.75) is 65.5 Å². The predicted octanol–water partition coefficient (Wildman–Crippen LogP) is 5.28. The summed E-state index contributed by atoms with van der Waals surface area (Å²) in [6.45, 7) is 9.13. The Balaban J connectivity index is 1.78. The average molecular weight is 381 g/mol. The Labute approximate surface area is 169 Å². The minimum atomic E-state index is 0.190. The predicted molar refractivity (Wildman–Crippen MR) is 115 cm³/mol. The van der Waals surface area contributed by atoms with Gasteiger partial charge in [-0.25, -0.2) is 0 Å². The third-order valence-electron chi connectivity index (χ3n) is 5.69. The molecule has 0 aromatic heterocycles. The van der Waals surface area contributed by atoms with Gasteiger partial charge in [0, 0.05) is 30.7 Å². The van der Waals surface area contributed by atoms with Gasteiger partial charge in [-0.1, -0.05) is 50.2 Å². The van der Waals surface area contributed by atoms with E-state index in [-0.39, 0.29) is 18.0 Å². The second-order valence-electron chi connectivity index (χ2n) is 7.65. The zero-order valence-corrected chi connectivity index (χ0v) is 17.5. The molecule has 1 aliphatic heterocycles. The zero-order chi connectivity index (χ0) is 20.1. The first-order valence-electron chi connectivity index (χ1n) is 10.4. The van der Waals surface area contributed by atoms with Crippen molar-refractivity contribution >= 4 is 11.6 Å². The third-order valence-corrected chi connectivity index (χ3v) is 5.69. The van der Waals surface area contributed by atoms with Gasteiger partial charge in [0.2, 0.25) is 5.91 Å². The van der Waals surface area contributed by atoms with E-state index in [2.05, 4.69) is 44.0 Å². The topological polar surface area (TPSA) is 32.8 Å². The van der Waals surface area contributed by atoms with Gasteiger partial charge in [0.15, 0.2) is 5.75 Å². The first-order chi connectivity index (χ1) is 13.5. The molecule has 1 aliphatic rings. The molecule has 0 aliphatic carbocycles. The monoisotopic (exact) mass is 380 g/mol. The summed E-state index contributed by atoms with van der Waals surface area (Å²) in [4.78, 5) is 21.1. The largest absolute Gasteiger partial charge is 0.405 e. The molecular weight excluding hydrogens is 348 g/mol. The number of benzene rings is 2. The molecule has 1 amide bonds. The van der Waals surface area contributed by atoms with Crippen molar-refractivity contribution < 1.29 is 9.63 Å². The lowest BCUT2D eigenvalue weighted by Gasteiger charge is -2.42. The molecule has 1 saturated heterocycles. The van der Waals surface area contributed by atoms with Crippen molar-refractivity contribution in [1.29, 1.82) is 0 Å². The molecule has 3 rings (SSSR count). The quantitative estimate of drug-likeness (QED) is 0.683. The second kappa shape index (κ2) is 9.24. The fourth-order valence-corrected chi connectivity index (χ4v) is 4.11. The average Bonchev–Trinajstić information content (AvgIpc) is 2.72. The van der Waals surface area contributed by atoms with Crippen molar-refractivity contribution in [1.82, 2.24) is 5.06 Å². The number of amides is 1.